The minimum absolute atomic E-state index is 0.0832. The molecule has 2 N–H and O–H groups in total. The molecule has 0 aliphatic heterocycles. The van der Waals surface area contributed by atoms with Gasteiger partial charge in [-0.05, 0) is 42.7 Å². The summed E-state index contributed by atoms with van der Waals surface area (Å²) in [5, 5.41) is 8.76. The zero-order valence-corrected chi connectivity index (χ0v) is 17.0. The monoisotopic (exact) mass is 409 g/mol. The van der Waals surface area contributed by atoms with E-state index in [1.54, 1.807) is 12.1 Å². The van der Waals surface area contributed by atoms with Gasteiger partial charge in [0.2, 0.25) is 5.91 Å². The highest BCUT2D eigenvalue weighted by molar-refractivity contribution is 7.14. The Balaban J connectivity index is 1.33. The topological polar surface area (TPSA) is 54.0 Å². The van der Waals surface area contributed by atoms with E-state index in [-0.39, 0.29) is 11.7 Å². The summed E-state index contributed by atoms with van der Waals surface area (Å²) >= 11 is 1.46. The van der Waals surface area contributed by atoms with Crippen molar-refractivity contribution >= 4 is 33.8 Å². The highest BCUT2D eigenvalue weighted by Gasteiger charge is 2.16. The average Bonchev–Trinajstić information content (AvgIpc) is 3.39. The number of amides is 1. The molecule has 0 bridgehead atoms. The smallest absolute Gasteiger partial charge is 0.224 e. The lowest BCUT2D eigenvalue weighted by molar-refractivity contribution is -0.116. The predicted octanol–water partition coefficient (Wildman–Crippen LogP) is 6.60. The van der Waals surface area contributed by atoms with Gasteiger partial charge >= 0.3 is 0 Å². The van der Waals surface area contributed by atoms with Crippen molar-refractivity contribution in [2.45, 2.75) is 38.5 Å². The molecule has 1 amide bonds. The molecular formula is C23H24FN3OS. The quantitative estimate of drug-likeness (QED) is 0.462. The lowest BCUT2D eigenvalue weighted by atomic mass is 10.0. The van der Waals surface area contributed by atoms with Crippen LogP contribution in [0.5, 0.6) is 0 Å². The molecule has 0 saturated heterocycles. The Morgan fingerprint density at radius 2 is 1.90 bits per heavy atom. The normalized spacial score (nSPS) is 14.1. The third kappa shape index (κ3) is 5.41. The predicted molar refractivity (Wildman–Crippen MR) is 117 cm³/mol. The molecule has 4 rings (SSSR count). The van der Waals surface area contributed by atoms with E-state index in [4.69, 9.17) is 0 Å². The minimum Gasteiger partial charge on any atom is -0.331 e. The van der Waals surface area contributed by atoms with Crippen LogP contribution in [0.3, 0.4) is 0 Å². The number of nitrogens with one attached hydrogen (secondary N) is 2. The number of anilines is 3. The summed E-state index contributed by atoms with van der Waals surface area (Å²) in [6.07, 6.45) is 6.74. The van der Waals surface area contributed by atoms with Crippen molar-refractivity contribution in [2.24, 2.45) is 5.92 Å². The van der Waals surface area contributed by atoms with Crippen LogP contribution in [0.4, 0.5) is 20.9 Å². The zero-order chi connectivity index (χ0) is 20.1. The molecule has 2 aromatic carbocycles. The highest BCUT2D eigenvalue weighted by Crippen LogP contribution is 2.30. The molecule has 1 heterocycles. The van der Waals surface area contributed by atoms with Crippen LogP contribution in [0.25, 0.3) is 11.3 Å². The van der Waals surface area contributed by atoms with Gasteiger partial charge in [-0.2, -0.15) is 0 Å². The second kappa shape index (κ2) is 9.18. The van der Waals surface area contributed by atoms with Crippen molar-refractivity contribution in [3.8, 4) is 11.3 Å². The SMILES string of the molecule is O=C(CCC1CCCC1)Nc1ccc(-c2csc(Nc3cccc(F)c3)n2)cc1. The van der Waals surface area contributed by atoms with E-state index in [2.05, 4.69) is 15.6 Å². The first-order valence-electron chi connectivity index (χ1n) is 10.0. The Hall–Kier alpha value is -2.73. The van der Waals surface area contributed by atoms with E-state index < -0.39 is 0 Å². The van der Waals surface area contributed by atoms with Crippen LogP contribution in [0.2, 0.25) is 0 Å². The average molecular weight is 410 g/mol. The van der Waals surface area contributed by atoms with Crippen molar-refractivity contribution in [2.75, 3.05) is 10.6 Å². The van der Waals surface area contributed by atoms with Gasteiger partial charge in [0.1, 0.15) is 5.82 Å². The number of hydrogen-bond donors (Lipinski definition) is 2. The maximum atomic E-state index is 13.3. The van der Waals surface area contributed by atoms with Gasteiger partial charge in [-0.1, -0.05) is 43.9 Å². The molecule has 6 heteroatoms. The van der Waals surface area contributed by atoms with Crippen molar-refractivity contribution in [3.05, 3.63) is 59.7 Å². The minimum atomic E-state index is -0.285. The molecule has 0 radical (unpaired) electrons. The molecule has 1 saturated carbocycles. The number of benzene rings is 2. The number of halogens is 1. The third-order valence-electron chi connectivity index (χ3n) is 5.30. The van der Waals surface area contributed by atoms with Crippen LogP contribution in [0, 0.1) is 11.7 Å². The first-order chi connectivity index (χ1) is 14.2. The van der Waals surface area contributed by atoms with E-state index in [9.17, 15) is 9.18 Å². The van der Waals surface area contributed by atoms with E-state index in [1.165, 1.54) is 49.2 Å². The Morgan fingerprint density at radius 1 is 1.10 bits per heavy atom. The molecule has 1 aliphatic carbocycles. The summed E-state index contributed by atoms with van der Waals surface area (Å²) in [5.41, 5.74) is 3.28. The summed E-state index contributed by atoms with van der Waals surface area (Å²) < 4.78 is 13.3. The van der Waals surface area contributed by atoms with E-state index in [0.717, 1.165) is 29.3 Å². The van der Waals surface area contributed by atoms with Crippen molar-refractivity contribution in [1.29, 1.82) is 0 Å². The highest BCUT2D eigenvalue weighted by atomic mass is 32.1. The molecule has 4 nitrogen and oxygen atoms in total. The molecule has 29 heavy (non-hydrogen) atoms. The molecule has 0 atom stereocenters. The van der Waals surface area contributed by atoms with E-state index >= 15 is 0 Å². The maximum absolute atomic E-state index is 13.3. The summed E-state index contributed by atoms with van der Waals surface area (Å²) in [4.78, 5) is 16.7. The molecule has 1 aromatic heterocycles. The second-order valence-corrected chi connectivity index (χ2v) is 8.35. The third-order valence-corrected chi connectivity index (χ3v) is 6.06. The first-order valence-corrected chi connectivity index (χ1v) is 10.9. The molecule has 0 spiro atoms. The molecule has 1 aliphatic rings. The number of thiazole rings is 1. The van der Waals surface area contributed by atoms with Crippen LogP contribution < -0.4 is 10.6 Å². The van der Waals surface area contributed by atoms with Gasteiger partial charge in [0.05, 0.1) is 5.69 Å². The lowest BCUT2D eigenvalue weighted by Crippen LogP contribution is -2.12. The fraction of sp³-hybridized carbons (Fsp3) is 0.304. The van der Waals surface area contributed by atoms with E-state index in [1.807, 2.05) is 29.6 Å². The maximum Gasteiger partial charge on any atom is 0.224 e. The largest absolute Gasteiger partial charge is 0.331 e. The number of hydrogen-bond acceptors (Lipinski definition) is 4. The van der Waals surface area contributed by atoms with Gasteiger partial charge in [0.25, 0.3) is 0 Å². The van der Waals surface area contributed by atoms with Gasteiger partial charge in [-0.25, -0.2) is 9.37 Å². The van der Waals surface area contributed by atoms with Gasteiger partial charge in [-0.3, -0.25) is 4.79 Å². The Morgan fingerprint density at radius 3 is 2.66 bits per heavy atom. The fourth-order valence-corrected chi connectivity index (χ4v) is 4.48. The number of nitrogens with zero attached hydrogens (tertiary/aromatic N) is 1. The number of aromatic nitrogens is 1. The van der Waals surface area contributed by atoms with Crippen molar-refractivity contribution in [1.82, 2.24) is 4.98 Å². The van der Waals surface area contributed by atoms with Gasteiger partial charge in [-0.15, -0.1) is 11.3 Å². The van der Waals surface area contributed by atoms with Gasteiger partial charge in [0.15, 0.2) is 5.13 Å². The Labute approximate surface area is 174 Å². The van der Waals surface area contributed by atoms with Gasteiger partial charge < -0.3 is 10.6 Å². The zero-order valence-electron chi connectivity index (χ0n) is 16.2. The number of rotatable bonds is 7. The standard InChI is InChI=1S/C23H24FN3OS/c24-18-6-3-7-20(14-18)26-23-27-21(15-29-23)17-9-11-19(12-10-17)25-22(28)13-8-16-4-1-2-5-16/h3,6-7,9-12,14-16H,1-2,4-5,8,13H2,(H,25,28)(H,26,27). The number of carbonyl (C=O) groups excluding carboxylic acids is 1. The Kier molecular flexibility index (Phi) is 6.20. The van der Waals surface area contributed by atoms with E-state index in [0.29, 0.717) is 17.2 Å². The van der Waals surface area contributed by atoms with Crippen LogP contribution in [0.1, 0.15) is 38.5 Å². The first kappa shape index (κ1) is 19.6. The molecule has 1 fully saturated rings. The molecule has 3 aromatic rings. The summed E-state index contributed by atoms with van der Waals surface area (Å²) in [5.74, 6) is 0.524. The lowest BCUT2D eigenvalue weighted by Gasteiger charge is -2.09. The van der Waals surface area contributed by atoms with Crippen LogP contribution in [-0.2, 0) is 4.79 Å². The van der Waals surface area contributed by atoms with Crippen LogP contribution in [-0.4, -0.2) is 10.9 Å². The fourth-order valence-electron chi connectivity index (χ4n) is 3.74. The molecule has 0 unspecified atom stereocenters. The summed E-state index contributed by atoms with van der Waals surface area (Å²) in [7, 11) is 0. The molecule has 150 valence electrons. The van der Waals surface area contributed by atoms with Crippen LogP contribution >= 0.6 is 11.3 Å². The second-order valence-electron chi connectivity index (χ2n) is 7.49. The van der Waals surface area contributed by atoms with Gasteiger partial charge in [0, 0.05) is 28.7 Å². The summed E-state index contributed by atoms with van der Waals surface area (Å²) in [6.45, 7) is 0. The van der Waals surface area contributed by atoms with Crippen molar-refractivity contribution < 1.29 is 9.18 Å². The van der Waals surface area contributed by atoms with Crippen molar-refractivity contribution in [3.63, 3.8) is 0 Å². The molecular weight excluding hydrogens is 385 g/mol. The number of carbonyl (C=O) groups is 1. The Bertz CT molecular complexity index is 964. The van der Waals surface area contributed by atoms with Crippen LogP contribution in [0.15, 0.2) is 53.9 Å². The summed E-state index contributed by atoms with van der Waals surface area (Å²) in [6, 6.07) is 14.0.